The molecule has 0 unspecified atom stereocenters. The molecule has 1 aromatic carbocycles. The van der Waals surface area contributed by atoms with Gasteiger partial charge in [0.2, 0.25) is 0 Å². The zero-order valence-electron chi connectivity index (χ0n) is 8.05. The molecule has 16 heavy (non-hydrogen) atoms. The van der Waals surface area contributed by atoms with Crippen LogP contribution in [-0.2, 0) is 11.3 Å². The Hall–Kier alpha value is -1.88. The molecule has 0 fully saturated rings. The maximum Gasteiger partial charge on any atom is 0.372 e. The van der Waals surface area contributed by atoms with E-state index >= 15 is 0 Å². The fourth-order valence-corrected chi connectivity index (χ4v) is 1.61. The van der Waals surface area contributed by atoms with E-state index in [0.29, 0.717) is 15.9 Å². The van der Waals surface area contributed by atoms with Crippen LogP contribution in [0.25, 0.3) is 10.9 Å². The van der Waals surface area contributed by atoms with Gasteiger partial charge in [0.25, 0.3) is 6.54 Å². The first kappa shape index (κ1) is 10.6. The second-order valence-electron chi connectivity index (χ2n) is 3.22. The van der Waals surface area contributed by atoms with Crippen molar-refractivity contribution in [2.45, 2.75) is 6.54 Å². The summed E-state index contributed by atoms with van der Waals surface area (Å²) in [6, 6.07) is 4.85. The van der Waals surface area contributed by atoms with Crippen molar-refractivity contribution in [3.8, 4) is 5.75 Å². The van der Waals surface area contributed by atoms with Crippen LogP contribution in [0.5, 0.6) is 5.75 Å². The van der Waals surface area contributed by atoms with Gasteiger partial charge in [-0.3, -0.25) is 0 Å². The predicted molar refractivity (Wildman–Crippen MR) is 54.0 cm³/mol. The average molecular weight is 239 g/mol. The molecule has 2 rings (SSSR count). The molecule has 0 radical (unpaired) electrons. The van der Waals surface area contributed by atoms with Crippen LogP contribution in [0.15, 0.2) is 24.4 Å². The van der Waals surface area contributed by atoms with Crippen LogP contribution < -0.4 is 9.79 Å². The SMILES string of the molecule is O=C(O)C[n+]1cc([O-])c2cccc(Cl)c2n1. The van der Waals surface area contributed by atoms with Crippen molar-refractivity contribution in [2.24, 2.45) is 0 Å². The highest BCUT2D eigenvalue weighted by atomic mass is 35.5. The Morgan fingerprint density at radius 3 is 3.00 bits per heavy atom. The lowest BCUT2D eigenvalue weighted by Crippen LogP contribution is -2.41. The third-order valence-corrected chi connectivity index (χ3v) is 2.35. The van der Waals surface area contributed by atoms with Crippen molar-refractivity contribution >= 4 is 28.5 Å². The molecule has 0 spiro atoms. The molecule has 0 amide bonds. The molecule has 0 aliphatic carbocycles. The molecule has 0 bridgehead atoms. The van der Waals surface area contributed by atoms with Crippen molar-refractivity contribution in [3.05, 3.63) is 29.4 Å². The standard InChI is InChI=1S/C10H7ClN2O3/c11-7-3-1-2-6-8(14)4-13(5-9(15)16)12-10(6)7/h1-4H,5H2,(H-,12,14,15,16). The molecule has 6 heteroatoms. The number of carbonyl (C=O) groups is 1. The molecule has 1 aromatic heterocycles. The number of aromatic nitrogens is 2. The van der Waals surface area contributed by atoms with Gasteiger partial charge in [-0.25, -0.2) is 4.79 Å². The molecule has 5 nitrogen and oxygen atoms in total. The van der Waals surface area contributed by atoms with Gasteiger partial charge in [0.05, 0.1) is 5.02 Å². The van der Waals surface area contributed by atoms with Gasteiger partial charge in [-0.15, -0.1) is 0 Å². The molecule has 1 N–H and O–H groups in total. The first-order valence-electron chi connectivity index (χ1n) is 4.46. The van der Waals surface area contributed by atoms with E-state index in [4.69, 9.17) is 16.7 Å². The van der Waals surface area contributed by atoms with Gasteiger partial charge in [-0.1, -0.05) is 28.4 Å². The van der Waals surface area contributed by atoms with Gasteiger partial charge in [-0.2, -0.15) is 0 Å². The van der Waals surface area contributed by atoms with Crippen molar-refractivity contribution < 1.29 is 19.7 Å². The minimum atomic E-state index is -1.07. The normalized spacial score (nSPS) is 10.6. The second kappa shape index (κ2) is 3.94. The lowest BCUT2D eigenvalue weighted by atomic mass is 10.2. The minimum Gasteiger partial charge on any atom is -0.868 e. The van der Waals surface area contributed by atoms with E-state index in [1.807, 2.05) is 0 Å². The molecular weight excluding hydrogens is 232 g/mol. The van der Waals surface area contributed by atoms with Crippen molar-refractivity contribution in [1.29, 1.82) is 0 Å². The highest BCUT2D eigenvalue weighted by Crippen LogP contribution is 2.24. The summed E-state index contributed by atoms with van der Waals surface area (Å²) in [5, 5.41) is 24.9. The van der Waals surface area contributed by atoms with E-state index in [1.165, 1.54) is 0 Å². The predicted octanol–water partition coefficient (Wildman–Crippen LogP) is 0.334. The van der Waals surface area contributed by atoms with Gasteiger partial charge in [0.1, 0.15) is 0 Å². The van der Waals surface area contributed by atoms with Crippen LogP contribution in [0.1, 0.15) is 0 Å². The molecule has 0 atom stereocenters. The molecule has 82 valence electrons. The maximum atomic E-state index is 11.6. The van der Waals surface area contributed by atoms with Crippen LogP contribution in [-0.4, -0.2) is 16.2 Å². The first-order chi connectivity index (χ1) is 7.58. The summed E-state index contributed by atoms with van der Waals surface area (Å²) in [4.78, 5) is 10.5. The summed E-state index contributed by atoms with van der Waals surface area (Å²) in [5.41, 5.74) is 0.318. The molecule has 0 saturated carbocycles. The summed E-state index contributed by atoms with van der Waals surface area (Å²) in [6.07, 6.45) is 1.15. The van der Waals surface area contributed by atoms with Crippen LogP contribution >= 0.6 is 11.6 Å². The van der Waals surface area contributed by atoms with Gasteiger partial charge in [-0.05, 0) is 11.8 Å². The quantitative estimate of drug-likeness (QED) is 0.765. The summed E-state index contributed by atoms with van der Waals surface area (Å²) in [5.74, 6) is -1.36. The Kier molecular flexibility index (Phi) is 2.62. The number of benzene rings is 1. The Bertz CT molecular complexity index is 571. The van der Waals surface area contributed by atoms with Crippen LogP contribution in [0.2, 0.25) is 5.02 Å². The zero-order chi connectivity index (χ0) is 11.7. The molecule has 0 saturated heterocycles. The van der Waals surface area contributed by atoms with Gasteiger partial charge >= 0.3 is 5.97 Å². The fraction of sp³-hybridized carbons (Fsp3) is 0.100. The first-order valence-corrected chi connectivity index (χ1v) is 4.83. The van der Waals surface area contributed by atoms with Crippen LogP contribution in [0.4, 0.5) is 0 Å². The number of rotatable bonds is 2. The molecule has 1 heterocycles. The minimum absolute atomic E-state index is 0.297. The molecular formula is C10H7ClN2O3. The molecule has 2 aromatic rings. The van der Waals surface area contributed by atoms with Crippen molar-refractivity contribution in [2.75, 3.05) is 0 Å². The van der Waals surface area contributed by atoms with Gasteiger partial charge < -0.3 is 10.2 Å². The number of hydrogen-bond acceptors (Lipinski definition) is 3. The van der Waals surface area contributed by atoms with E-state index in [2.05, 4.69) is 5.10 Å². The Balaban J connectivity index is 2.65. The third kappa shape index (κ3) is 1.90. The number of fused-ring (bicyclic) bond motifs is 1. The van der Waals surface area contributed by atoms with Crippen LogP contribution in [0, 0.1) is 0 Å². The highest BCUT2D eigenvalue weighted by Gasteiger charge is 2.12. The Labute approximate surface area is 95.5 Å². The molecule has 0 aliphatic heterocycles. The lowest BCUT2D eigenvalue weighted by molar-refractivity contribution is -0.743. The summed E-state index contributed by atoms with van der Waals surface area (Å²) >= 11 is 5.88. The lowest BCUT2D eigenvalue weighted by Gasteiger charge is -2.07. The zero-order valence-corrected chi connectivity index (χ0v) is 8.81. The van der Waals surface area contributed by atoms with Gasteiger partial charge in [0, 0.05) is 10.5 Å². The largest absolute Gasteiger partial charge is 0.868 e. The van der Waals surface area contributed by atoms with Crippen LogP contribution in [0.3, 0.4) is 0 Å². The second-order valence-corrected chi connectivity index (χ2v) is 3.63. The number of carboxylic acid groups (broad SMARTS) is 1. The summed E-state index contributed by atoms with van der Waals surface area (Å²) in [7, 11) is 0. The van der Waals surface area contributed by atoms with E-state index in [-0.39, 0.29) is 12.3 Å². The summed E-state index contributed by atoms with van der Waals surface area (Å²) in [6.45, 7) is -0.365. The average Bonchev–Trinajstić information content (AvgIpc) is 2.19. The highest BCUT2D eigenvalue weighted by molar-refractivity contribution is 6.35. The third-order valence-electron chi connectivity index (χ3n) is 2.04. The van der Waals surface area contributed by atoms with Gasteiger partial charge in [0.15, 0.2) is 11.7 Å². The molecule has 0 aliphatic rings. The number of halogens is 1. The fourth-order valence-electron chi connectivity index (χ4n) is 1.40. The topological polar surface area (TPSA) is 77.1 Å². The number of aliphatic carboxylic acids is 1. The Morgan fingerprint density at radius 2 is 2.31 bits per heavy atom. The number of nitrogens with zero attached hydrogens (tertiary/aromatic N) is 2. The van der Waals surface area contributed by atoms with Crippen molar-refractivity contribution in [3.63, 3.8) is 0 Å². The smallest absolute Gasteiger partial charge is 0.372 e. The van der Waals surface area contributed by atoms with E-state index < -0.39 is 5.97 Å². The van der Waals surface area contributed by atoms with E-state index in [1.54, 1.807) is 18.2 Å². The Morgan fingerprint density at radius 1 is 1.56 bits per heavy atom. The maximum absolute atomic E-state index is 11.6. The number of carboxylic acids is 1. The van der Waals surface area contributed by atoms with Crippen molar-refractivity contribution in [1.82, 2.24) is 5.10 Å². The summed E-state index contributed by atoms with van der Waals surface area (Å²) < 4.78 is 1.07. The van der Waals surface area contributed by atoms with E-state index in [0.717, 1.165) is 10.9 Å². The number of hydrogen-bond donors (Lipinski definition) is 1. The monoisotopic (exact) mass is 238 g/mol. The van der Waals surface area contributed by atoms with E-state index in [9.17, 15) is 9.90 Å².